The van der Waals surface area contributed by atoms with Gasteiger partial charge in [0.15, 0.2) is 17.3 Å². The molecule has 3 aromatic heterocycles. The zero-order chi connectivity index (χ0) is 23.8. The number of fused-ring (bicyclic) bond motifs is 1. The van der Waals surface area contributed by atoms with Crippen molar-refractivity contribution >= 4 is 33.1 Å². The highest BCUT2D eigenvalue weighted by molar-refractivity contribution is 7.92. The average molecular weight is 474 g/mol. The third-order valence-electron chi connectivity index (χ3n) is 4.70. The zero-order valence-electron chi connectivity index (χ0n) is 18.7. The largest absolute Gasteiger partial charge is 0.495 e. The Kier molecular flexibility index (Phi) is 5.84. The quantitative estimate of drug-likeness (QED) is 0.366. The first-order valence-corrected chi connectivity index (χ1v) is 12.0. The number of methoxy groups -OCH3 is 1. The number of nitrogens with one attached hydrogen (secondary N) is 2. The predicted octanol–water partition coefficient (Wildman–Crippen LogP) is 3.59. The van der Waals surface area contributed by atoms with Crippen molar-refractivity contribution < 1.29 is 17.7 Å². The molecule has 0 aliphatic rings. The fourth-order valence-corrected chi connectivity index (χ4v) is 3.68. The molecule has 0 bridgehead atoms. The number of sulfonamides is 1. The molecule has 1 aromatic carbocycles. The lowest BCUT2D eigenvalue weighted by atomic mass is 10.2. The SMILES string of the molecule is CCc1[nH]n2c(-c3ccc(OC)c(NS(C)(=O)=O)c3)nnc2c1N=Nc1nc(C(C)C)no1. The molecule has 0 spiro atoms. The molecule has 2 N–H and O–H groups in total. The maximum absolute atomic E-state index is 11.7. The molecule has 13 nitrogen and oxygen atoms in total. The molecule has 0 atom stereocenters. The lowest BCUT2D eigenvalue weighted by Crippen LogP contribution is -2.10. The van der Waals surface area contributed by atoms with E-state index >= 15 is 0 Å². The third-order valence-corrected chi connectivity index (χ3v) is 5.29. The highest BCUT2D eigenvalue weighted by Gasteiger charge is 2.20. The van der Waals surface area contributed by atoms with Gasteiger partial charge in [0, 0.05) is 11.5 Å². The molecule has 4 aromatic rings. The van der Waals surface area contributed by atoms with Crippen molar-refractivity contribution in [1.29, 1.82) is 0 Å². The van der Waals surface area contributed by atoms with E-state index in [1.807, 2.05) is 20.8 Å². The van der Waals surface area contributed by atoms with Crippen molar-refractivity contribution in [2.24, 2.45) is 10.2 Å². The molecule has 0 amide bonds. The Balaban J connectivity index is 1.75. The normalized spacial score (nSPS) is 12.3. The average Bonchev–Trinajstić information content (AvgIpc) is 3.46. The first-order chi connectivity index (χ1) is 15.7. The Morgan fingerprint density at radius 1 is 1.27 bits per heavy atom. The Bertz CT molecular complexity index is 1430. The van der Waals surface area contributed by atoms with Gasteiger partial charge in [-0.3, -0.25) is 9.82 Å². The van der Waals surface area contributed by atoms with Crippen LogP contribution >= 0.6 is 0 Å². The molecule has 0 unspecified atom stereocenters. The monoisotopic (exact) mass is 473 g/mol. The number of rotatable bonds is 8. The summed E-state index contributed by atoms with van der Waals surface area (Å²) in [5.41, 5.74) is 2.61. The van der Waals surface area contributed by atoms with E-state index in [9.17, 15) is 8.42 Å². The van der Waals surface area contributed by atoms with Gasteiger partial charge in [0.2, 0.25) is 15.7 Å². The highest BCUT2D eigenvalue weighted by atomic mass is 32.2. The Morgan fingerprint density at radius 2 is 2.06 bits per heavy atom. The molecule has 0 fully saturated rings. The number of aromatic amines is 1. The summed E-state index contributed by atoms with van der Waals surface area (Å²) in [7, 11) is -2.05. The van der Waals surface area contributed by atoms with Crippen LogP contribution in [0.1, 0.15) is 38.2 Å². The number of hydrogen-bond donors (Lipinski definition) is 2. The molecule has 174 valence electrons. The molecule has 0 saturated heterocycles. The molecule has 0 aliphatic carbocycles. The minimum Gasteiger partial charge on any atom is -0.495 e. The number of nitrogens with zero attached hydrogens (tertiary/aromatic N) is 7. The van der Waals surface area contributed by atoms with Crippen LogP contribution in [0, 0.1) is 0 Å². The smallest absolute Gasteiger partial charge is 0.366 e. The van der Waals surface area contributed by atoms with E-state index in [1.165, 1.54) is 7.11 Å². The van der Waals surface area contributed by atoms with Crippen molar-refractivity contribution in [1.82, 2.24) is 30.0 Å². The number of hydrogen-bond acceptors (Lipinski definition) is 10. The maximum atomic E-state index is 11.7. The minimum atomic E-state index is -3.51. The molecular formula is C19H23N9O4S. The van der Waals surface area contributed by atoms with Crippen LogP contribution < -0.4 is 9.46 Å². The summed E-state index contributed by atoms with van der Waals surface area (Å²) in [6, 6.07) is 5.07. The molecule has 0 radical (unpaired) electrons. The number of aryl methyl sites for hydroxylation is 1. The summed E-state index contributed by atoms with van der Waals surface area (Å²) in [6.45, 7) is 5.86. The summed E-state index contributed by atoms with van der Waals surface area (Å²) in [4.78, 5) is 4.19. The second-order valence-corrected chi connectivity index (χ2v) is 9.30. The Hall–Kier alpha value is -3.81. The van der Waals surface area contributed by atoms with Crippen LogP contribution in [0.5, 0.6) is 5.75 Å². The Labute approximate surface area is 189 Å². The van der Waals surface area contributed by atoms with Crippen molar-refractivity contribution in [3.63, 3.8) is 0 Å². The number of azo groups is 1. The van der Waals surface area contributed by atoms with Gasteiger partial charge < -0.3 is 9.26 Å². The molecule has 14 heteroatoms. The number of benzene rings is 1. The second-order valence-electron chi connectivity index (χ2n) is 7.55. The van der Waals surface area contributed by atoms with E-state index in [0.29, 0.717) is 40.7 Å². The summed E-state index contributed by atoms with van der Waals surface area (Å²) in [5.74, 6) is 1.48. The lowest BCUT2D eigenvalue weighted by molar-refractivity contribution is 0.415. The van der Waals surface area contributed by atoms with Crippen molar-refractivity contribution in [3.8, 4) is 17.1 Å². The second kappa shape index (κ2) is 8.61. The van der Waals surface area contributed by atoms with Gasteiger partial charge in [-0.2, -0.15) is 4.98 Å². The number of H-pyrrole nitrogens is 1. The third kappa shape index (κ3) is 4.55. The van der Waals surface area contributed by atoms with E-state index in [-0.39, 0.29) is 17.6 Å². The van der Waals surface area contributed by atoms with Crippen molar-refractivity contribution in [2.45, 2.75) is 33.1 Å². The fourth-order valence-electron chi connectivity index (χ4n) is 3.13. The molecular weight excluding hydrogens is 450 g/mol. The van der Waals surface area contributed by atoms with Crippen molar-refractivity contribution in [3.05, 3.63) is 29.7 Å². The summed E-state index contributed by atoms with van der Waals surface area (Å²) < 4.78 is 38.0. The van der Waals surface area contributed by atoms with Crippen LogP contribution in [0.4, 0.5) is 17.4 Å². The summed E-state index contributed by atoms with van der Waals surface area (Å²) in [5, 5.41) is 23.9. The van der Waals surface area contributed by atoms with Crippen LogP contribution in [0.25, 0.3) is 17.0 Å². The van der Waals surface area contributed by atoms with E-state index in [1.54, 1.807) is 22.7 Å². The summed E-state index contributed by atoms with van der Waals surface area (Å²) in [6.07, 6.45) is 1.69. The van der Waals surface area contributed by atoms with E-state index in [2.05, 4.69) is 40.4 Å². The molecule has 0 saturated carbocycles. The van der Waals surface area contributed by atoms with Crippen LogP contribution in [-0.4, -0.2) is 51.7 Å². The first kappa shape index (κ1) is 22.4. The zero-order valence-corrected chi connectivity index (χ0v) is 19.5. The van der Waals surface area contributed by atoms with Crippen molar-refractivity contribution in [2.75, 3.05) is 18.1 Å². The van der Waals surface area contributed by atoms with Gasteiger partial charge >= 0.3 is 6.01 Å². The summed E-state index contributed by atoms with van der Waals surface area (Å²) >= 11 is 0. The van der Waals surface area contributed by atoms with E-state index < -0.39 is 10.0 Å². The van der Waals surface area contributed by atoms with Gasteiger partial charge in [-0.25, -0.2) is 12.9 Å². The standard InChI is InChI=1S/C19H23N9O4S/c1-6-12-15(21-24-19-20-16(10(2)3)26-32-19)18-23-22-17(28(18)25-12)11-7-8-14(31-4)13(9-11)27-33(5,29)30/h7-10,25,27H,6H2,1-5H3. The van der Waals surface area contributed by atoms with Gasteiger partial charge in [0.1, 0.15) is 5.75 Å². The molecule has 4 rings (SSSR count). The van der Waals surface area contributed by atoms with Gasteiger partial charge in [0.25, 0.3) is 0 Å². The maximum Gasteiger partial charge on any atom is 0.366 e. The number of anilines is 1. The van der Waals surface area contributed by atoms with Crippen LogP contribution in [0.2, 0.25) is 0 Å². The van der Waals surface area contributed by atoms with Crippen LogP contribution in [-0.2, 0) is 16.4 Å². The fraction of sp³-hybridized carbons (Fsp3) is 0.368. The topological polar surface area (TPSA) is 165 Å². The van der Waals surface area contributed by atoms with E-state index in [0.717, 1.165) is 11.9 Å². The first-order valence-electron chi connectivity index (χ1n) is 10.1. The van der Waals surface area contributed by atoms with Gasteiger partial charge in [-0.05, 0) is 24.6 Å². The van der Waals surface area contributed by atoms with Crippen LogP contribution in [0.15, 0.2) is 33.0 Å². The van der Waals surface area contributed by atoms with E-state index in [4.69, 9.17) is 9.26 Å². The Morgan fingerprint density at radius 3 is 2.70 bits per heavy atom. The van der Waals surface area contributed by atoms with Gasteiger partial charge in [-0.15, -0.1) is 15.3 Å². The number of aromatic nitrogens is 6. The molecule has 33 heavy (non-hydrogen) atoms. The van der Waals surface area contributed by atoms with Gasteiger partial charge in [0.05, 0.1) is 24.7 Å². The molecule has 3 heterocycles. The molecule has 0 aliphatic heterocycles. The van der Waals surface area contributed by atoms with Gasteiger partial charge in [-0.1, -0.05) is 31.0 Å². The van der Waals surface area contributed by atoms with Crippen LogP contribution in [0.3, 0.4) is 0 Å². The minimum absolute atomic E-state index is 0.0477. The lowest BCUT2D eigenvalue weighted by Gasteiger charge is -2.11. The predicted molar refractivity (Wildman–Crippen MR) is 120 cm³/mol. The highest BCUT2D eigenvalue weighted by Crippen LogP contribution is 2.33. The number of ether oxygens (including phenoxy) is 1.